The second-order valence-electron chi connectivity index (χ2n) is 6.36. The molecule has 158 valence electrons. The summed E-state index contributed by atoms with van der Waals surface area (Å²) in [6, 6.07) is 12.8. The maximum absolute atomic E-state index is 12.5. The fourth-order valence-electron chi connectivity index (χ4n) is 2.80. The van der Waals surface area contributed by atoms with E-state index in [2.05, 4.69) is 15.5 Å². The molecule has 2 aromatic carbocycles. The highest BCUT2D eigenvalue weighted by molar-refractivity contribution is 7.98. The first-order chi connectivity index (χ1) is 14.5. The van der Waals surface area contributed by atoms with Crippen molar-refractivity contribution in [3.63, 3.8) is 0 Å². The number of halogens is 2. The van der Waals surface area contributed by atoms with E-state index in [9.17, 15) is 4.79 Å². The lowest BCUT2D eigenvalue weighted by atomic mass is 10.2. The number of carbonyl (C=O) groups is 1. The van der Waals surface area contributed by atoms with E-state index in [0.29, 0.717) is 40.5 Å². The van der Waals surface area contributed by atoms with E-state index in [1.807, 2.05) is 54.8 Å². The standard InChI is InChI=1S/C21H22Cl2N4O2S/c1-3-27-19(12-20(28)24-15-6-8-16(9-7-15)29-4-2)25-26-21(27)30-13-14-5-10-17(22)18(23)11-14/h5-11H,3-4,12-13H2,1-2H3,(H,24,28). The fraction of sp³-hybridized carbons (Fsp3) is 0.286. The molecule has 30 heavy (non-hydrogen) atoms. The third kappa shape index (κ3) is 5.90. The summed E-state index contributed by atoms with van der Waals surface area (Å²) in [7, 11) is 0. The summed E-state index contributed by atoms with van der Waals surface area (Å²) in [6.07, 6.45) is 0.140. The average molecular weight is 465 g/mol. The monoisotopic (exact) mass is 464 g/mol. The van der Waals surface area contributed by atoms with Gasteiger partial charge in [0.15, 0.2) is 5.16 Å². The predicted octanol–water partition coefficient (Wildman–Crippen LogP) is 5.48. The van der Waals surface area contributed by atoms with Crippen molar-refractivity contribution in [1.82, 2.24) is 14.8 Å². The van der Waals surface area contributed by atoms with Gasteiger partial charge in [0, 0.05) is 18.0 Å². The van der Waals surface area contributed by atoms with Crippen LogP contribution < -0.4 is 10.1 Å². The maximum atomic E-state index is 12.5. The Morgan fingerprint density at radius 3 is 2.53 bits per heavy atom. The van der Waals surface area contributed by atoms with Gasteiger partial charge in [0.1, 0.15) is 11.6 Å². The van der Waals surface area contributed by atoms with Crippen LogP contribution in [0.1, 0.15) is 25.2 Å². The smallest absolute Gasteiger partial charge is 0.232 e. The minimum absolute atomic E-state index is 0.140. The minimum atomic E-state index is -0.151. The Morgan fingerprint density at radius 1 is 1.10 bits per heavy atom. The Labute approximate surface area is 189 Å². The highest BCUT2D eigenvalue weighted by Gasteiger charge is 2.15. The van der Waals surface area contributed by atoms with Gasteiger partial charge in [-0.15, -0.1) is 10.2 Å². The van der Waals surface area contributed by atoms with Crippen molar-refractivity contribution in [2.75, 3.05) is 11.9 Å². The van der Waals surface area contributed by atoms with Crippen LogP contribution in [0.15, 0.2) is 47.6 Å². The lowest BCUT2D eigenvalue weighted by Gasteiger charge is -2.09. The van der Waals surface area contributed by atoms with E-state index < -0.39 is 0 Å². The van der Waals surface area contributed by atoms with Crippen molar-refractivity contribution < 1.29 is 9.53 Å². The van der Waals surface area contributed by atoms with Crippen LogP contribution in [0.25, 0.3) is 0 Å². The molecule has 0 atom stereocenters. The number of carbonyl (C=O) groups excluding carboxylic acids is 1. The molecular formula is C21H22Cl2N4O2S. The van der Waals surface area contributed by atoms with E-state index >= 15 is 0 Å². The van der Waals surface area contributed by atoms with E-state index in [-0.39, 0.29) is 12.3 Å². The molecule has 1 aromatic heterocycles. The zero-order valence-corrected chi connectivity index (χ0v) is 19.0. The topological polar surface area (TPSA) is 69.0 Å². The summed E-state index contributed by atoms with van der Waals surface area (Å²) in [5, 5.41) is 13.2. The lowest BCUT2D eigenvalue weighted by molar-refractivity contribution is -0.115. The van der Waals surface area contributed by atoms with Gasteiger partial charge < -0.3 is 14.6 Å². The number of thioether (sulfide) groups is 1. The molecule has 3 aromatic rings. The number of rotatable bonds is 9. The molecular weight excluding hydrogens is 443 g/mol. The van der Waals surface area contributed by atoms with Crippen molar-refractivity contribution in [3.05, 3.63) is 63.9 Å². The molecule has 0 saturated carbocycles. The number of anilines is 1. The third-order valence-corrected chi connectivity index (χ3v) is 6.01. The van der Waals surface area contributed by atoms with Crippen molar-refractivity contribution in [2.24, 2.45) is 0 Å². The molecule has 1 heterocycles. The number of hydrogen-bond acceptors (Lipinski definition) is 5. The van der Waals surface area contributed by atoms with Gasteiger partial charge in [0.05, 0.1) is 23.1 Å². The molecule has 1 N–H and O–H groups in total. The number of amides is 1. The number of benzene rings is 2. The molecule has 0 bridgehead atoms. The number of nitrogens with zero attached hydrogens (tertiary/aromatic N) is 3. The van der Waals surface area contributed by atoms with Crippen LogP contribution in [0.2, 0.25) is 10.0 Å². The van der Waals surface area contributed by atoms with Gasteiger partial charge in [0.25, 0.3) is 0 Å². The maximum Gasteiger partial charge on any atom is 0.232 e. The highest BCUT2D eigenvalue weighted by Crippen LogP contribution is 2.27. The summed E-state index contributed by atoms with van der Waals surface area (Å²) in [6.45, 7) is 5.20. The molecule has 0 aliphatic heterocycles. The first-order valence-corrected chi connectivity index (χ1v) is 11.3. The van der Waals surface area contributed by atoms with E-state index in [1.165, 1.54) is 11.8 Å². The van der Waals surface area contributed by atoms with Crippen molar-refractivity contribution in [1.29, 1.82) is 0 Å². The second kappa shape index (κ2) is 10.7. The largest absolute Gasteiger partial charge is 0.494 e. The van der Waals surface area contributed by atoms with Gasteiger partial charge >= 0.3 is 0 Å². The number of ether oxygens (including phenoxy) is 1. The normalized spacial score (nSPS) is 10.8. The molecule has 1 amide bonds. The Bertz CT molecular complexity index is 1010. The first kappa shape index (κ1) is 22.5. The van der Waals surface area contributed by atoms with Crippen molar-refractivity contribution in [3.8, 4) is 5.75 Å². The Morgan fingerprint density at radius 2 is 1.87 bits per heavy atom. The van der Waals surface area contributed by atoms with Gasteiger partial charge in [-0.05, 0) is 55.8 Å². The third-order valence-electron chi connectivity index (χ3n) is 4.23. The van der Waals surface area contributed by atoms with Gasteiger partial charge in [-0.3, -0.25) is 4.79 Å². The molecule has 0 aliphatic rings. The van der Waals surface area contributed by atoms with Gasteiger partial charge in [-0.2, -0.15) is 0 Å². The molecule has 0 aliphatic carbocycles. The quantitative estimate of drug-likeness (QED) is 0.424. The highest BCUT2D eigenvalue weighted by atomic mass is 35.5. The average Bonchev–Trinajstić information content (AvgIpc) is 3.11. The summed E-state index contributed by atoms with van der Waals surface area (Å²) in [5.74, 6) is 1.91. The minimum Gasteiger partial charge on any atom is -0.494 e. The van der Waals surface area contributed by atoms with Crippen molar-refractivity contribution >= 4 is 46.6 Å². The van der Waals surface area contributed by atoms with Crippen LogP contribution in [0.5, 0.6) is 5.75 Å². The Balaban J connectivity index is 1.61. The molecule has 0 saturated heterocycles. The zero-order valence-electron chi connectivity index (χ0n) is 16.7. The van der Waals surface area contributed by atoms with Crippen LogP contribution in [-0.4, -0.2) is 27.3 Å². The van der Waals surface area contributed by atoms with Crippen LogP contribution >= 0.6 is 35.0 Å². The summed E-state index contributed by atoms with van der Waals surface area (Å²) >= 11 is 13.6. The van der Waals surface area contributed by atoms with Crippen LogP contribution in [-0.2, 0) is 23.5 Å². The van der Waals surface area contributed by atoms with E-state index in [4.69, 9.17) is 27.9 Å². The number of nitrogens with one attached hydrogen (secondary N) is 1. The molecule has 0 unspecified atom stereocenters. The molecule has 0 radical (unpaired) electrons. The SMILES string of the molecule is CCOc1ccc(NC(=O)Cc2nnc(SCc3ccc(Cl)c(Cl)c3)n2CC)cc1. The Kier molecular flexibility index (Phi) is 8.01. The summed E-state index contributed by atoms with van der Waals surface area (Å²) in [4.78, 5) is 12.5. The summed E-state index contributed by atoms with van der Waals surface area (Å²) in [5.41, 5.74) is 1.75. The molecule has 0 fully saturated rings. The van der Waals surface area contributed by atoms with Gasteiger partial charge in [-0.1, -0.05) is 41.0 Å². The zero-order chi connectivity index (χ0) is 21.5. The molecule has 6 nitrogen and oxygen atoms in total. The van der Waals surface area contributed by atoms with E-state index in [0.717, 1.165) is 16.5 Å². The fourth-order valence-corrected chi connectivity index (χ4v) is 4.09. The summed E-state index contributed by atoms with van der Waals surface area (Å²) < 4.78 is 7.36. The molecule has 0 spiro atoms. The van der Waals surface area contributed by atoms with Crippen LogP contribution in [0.3, 0.4) is 0 Å². The first-order valence-electron chi connectivity index (χ1n) is 9.51. The molecule has 3 rings (SSSR count). The van der Waals surface area contributed by atoms with Crippen LogP contribution in [0, 0.1) is 0 Å². The van der Waals surface area contributed by atoms with E-state index in [1.54, 1.807) is 6.07 Å². The predicted molar refractivity (Wildman–Crippen MR) is 122 cm³/mol. The Hall–Kier alpha value is -2.22. The number of hydrogen-bond donors (Lipinski definition) is 1. The van der Waals surface area contributed by atoms with Crippen LogP contribution in [0.4, 0.5) is 5.69 Å². The second-order valence-corrected chi connectivity index (χ2v) is 8.12. The number of aromatic nitrogens is 3. The molecule has 9 heteroatoms. The van der Waals surface area contributed by atoms with Crippen molar-refractivity contribution in [2.45, 2.75) is 37.7 Å². The lowest BCUT2D eigenvalue weighted by Crippen LogP contribution is -2.17. The van der Waals surface area contributed by atoms with Gasteiger partial charge in [0.2, 0.25) is 5.91 Å². The van der Waals surface area contributed by atoms with Gasteiger partial charge in [-0.25, -0.2) is 0 Å².